The van der Waals surface area contributed by atoms with Crippen LogP contribution in [0, 0.1) is 18.3 Å². The molecule has 0 saturated carbocycles. The average molecular weight is 356 g/mol. The molecule has 2 rings (SSSR count). The number of aromatic nitrogens is 1. The highest BCUT2D eigenvalue weighted by Gasteiger charge is 2.45. The molecular formula is C15H11F3N2O3S. The van der Waals surface area contributed by atoms with Crippen LogP contribution in [0.5, 0.6) is 0 Å². The molecule has 0 amide bonds. The molecule has 0 aliphatic rings. The molecule has 1 aromatic heterocycles. The number of hydrogen-bond acceptors (Lipinski definition) is 5. The summed E-state index contributed by atoms with van der Waals surface area (Å²) in [4.78, 5) is 3.12. The van der Waals surface area contributed by atoms with Gasteiger partial charge in [0, 0.05) is 11.8 Å². The second-order valence-corrected chi connectivity index (χ2v) is 6.45. The Kier molecular flexibility index (Phi) is 4.91. The second kappa shape index (κ2) is 6.59. The van der Waals surface area contributed by atoms with Crippen molar-refractivity contribution in [1.82, 2.24) is 4.98 Å². The van der Waals surface area contributed by atoms with Crippen LogP contribution in [0.25, 0.3) is 0 Å². The minimum atomic E-state index is -4.98. The summed E-state index contributed by atoms with van der Waals surface area (Å²) >= 11 is 0. The van der Waals surface area contributed by atoms with Crippen LogP contribution in [0.2, 0.25) is 0 Å². The maximum Gasteiger partial charge on any atom is 0.420 e. The predicted octanol–water partition coefficient (Wildman–Crippen LogP) is 3.27. The lowest BCUT2D eigenvalue weighted by molar-refractivity contribution is -0.196. The van der Waals surface area contributed by atoms with Crippen LogP contribution < -0.4 is 0 Å². The van der Waals surface area contributed by atoms with E-state index in [1.54, 1.807) is 13.0 Å². The summed E-state index contributed by atoms with van der Waals surface area (Å²) in [6.07, 6.45) is -6.93. The largest absolute Gasteiger partial charge is 0.420 e. The van der Waals surface area contributed by atoms with E-state index in [1.165, 1.54) is 12.1 Å². The Morgan fingerprint density at radius 1 is 1.17 bits per heavy atom. The summed E-state index contributed by atoms with van der Waals surface area (Å²) in [5, 5.41) is 8.62. The van der Waals surface area contributed by atoms with Gasteiger partial charge < -0.3 is 0 Å². The standard InChI is InChI=1S/C15H11F3N2O3S/c1-10-2-6-13(7-3-10)24(21,22)23-14(15(16,17)18)11-4-5-12(8-19)20-9-11/h2-7,9,14H,1H3. The fourth-order valence-electron chi connectivity index (χ4n) is 1.81. The molecule has 1 aromatic carbocycles. The Morgan fingerprint density at radius 2 is 1.79 bits per heavy atom. The molecule has 1 unspecified atom stereocenters. The Balaban J connectivity index is 2.39. The van der Waals surface area contributed by atoms with Gasteiger partial charge >= 0.3 is 6.18 Å². The molecule has 2 aromatic rings. The molecule has 9 heteroatoms. The van der Waals surface area contributed by atoms with E-state index in [1.807, 2.05) is 0 Å². The van der Waals surface area contributed by atoms with E-state index < -0.39 is 28.0 Å². The van der Waals surface area contributed by atoms with E-state index in [0.29, 0.717) is 0 Å². The molecule has 0 N–H and O–H groups in total. The third-order valence-corrected chi connectivity index (χ3v) is 4.33. The van der Waals surface area contributed by atoms with E-state index in [-0.39, 0.29) is 10.6 Å². The van der Waals surface area contributed by atoms with Gasteiger partial charge in [-0.1, -0.05) is 23.8 Å². The molecule has 0 spiro atoms. The monoisotopic (exact) mass is 356 g/mol. The lowest BCUT2D eigenvalue weighted by Gasteiger charge is -2.20. The summed E-state index contributed by atoms with van der Waals surface area (Å²) in [5.74, 6) is 0. The minimum absolute atomic E-state index is 0.0962. The Labute approximate surface area is 136 Å². The van der Waals surface area contributed by atoms with Crippen molar-refractivity contribution in [1.29, 1.82) is 5.26 Å². The first-order valence-electron chi connectivity index (χ1n) is 6.56. The predicted molar refractivity (Wildman–Crippen MR) is 77.2 cm³/mol. The highest BCUT2D eigenvalue weighted by molar-refractivity contribution is 7.86. The number of pyridine rings is 1. The molecule has 5 nitrogen and oxygen atoms in total. The summed E-state index contributed by atoms with van der Waals surface area (Å²) in [6, 6.07) is 8.88. The minimum Gasteiger partial charge on any atom is -0.248 e. The first-order valence-corrected chi connectivity index (χ1v) is 7.97. The highest BCUT2D eigenvalue weighted by Crippen LogP contribution is 2.38. The lowest BCUT2D eigenvalue weighted by atomic mass is 10.1. The van der Waals surface area contributed by atoms with Gasteiger partial charge in [-0.25, -0.2) is 9.17 Å². The van der Waals surface area contributed by atoms with Crippen molar-refractivity contribution in [2.24, 2.45) is 0 Å². The van der Waals surface area contributed by atoms with Gasteiger partial charge in [-0.2, -0.15) is 26.9 Å². The molecule has 0 saturated heterocycles. The Bertz CT molecular complexity index is 855. The summed E-state index contributed by atoms with van der Waals surface area (Å²) in [5.41, 5.74) is 0.135. The quantitative estimate of drug-likeness (QED) is 0.786. The van der Waals surface area contributed by atoms with Gasteiger partial charge in [0.15, 0.2) is 6.10 Å². The lowest BCUT2D eigenvalue weighted by Crippen LogP contribution is -2.26. The number of alkyl halides is 3. The molecule has 24 heavy (non-hydrogen) atoms. The van der Waals surface area contributed by atoms with Crippen LogP contribution >= 0.6 is 0 Å². The summed E-state index contributed by atoms with van der Waals surface area (Å²) < 4.78 is 68.3. The van der Waals surface area contributed by atoms with Crippen LogP contribution in [0.1, 0.15) is 22.9 Å². The van der Waals surface area contributed by atoms with E-state index in [4.69, 9.17) is 5.26 Å². The zero-order chi connectivity index (χ0) is 18.0. The molecule has 0 radical (unpaired) electrons. The number of nitriles is 1. The van der Waals surface area contributed by atoms with E-state index in [9.17, 15) is 21.6 Å². The first kappa shape index (κ1) is 17.9. The number of halogens is 3. The van der Waals surface area contributed by atoms with Crippen molar-refractivity contribution in [3.05, 3.63) is 59.4 Å². The summed E-state index contributed by atoms with van der Waals surface area (Å²) in [7, 11) is -4.64. The average Bonchev–Trinajstić information content (AvgIpc) is 2.52. The fraction of sp³-hybridized carbons (Fsp3) is 0.200. The third kappa shape index (κ3) is 4.10. The van der Waals surface area contributed by atoms with Gasteiger partial charge in [0.05, 0.1) is 4.90 Å². The molecular weight excluding hydrogens is 345 g/mol. The molecule has 0 aliphatic carbocycles. The molecule has 1 heterocycles. The van der Waals surface area contributed by atoms with Crippen molar-refractivity contribution in [2.45, 2.75) is 24.1 Å². The highest BCUT2D eigenvalue weighted by atomic mass is 32.2. The van der Waals surface area contributed by atoms with Crippen molar-refractivity contribution in [2.75, 3.05) is 0 Å². The van der Waals surface area contributed by atoms with Gasteiger partial charge in [-0.15, -0.1) is 0 Å². The molecule has 1 atom stereocenters. The number of benzene rings is 1. The third-order valence-electron chi connectivity index (χ3n) is 3.03. The maximum absolute atomic E-state index is 13.2. The molecule has 0 aliphatic heterocycles. The SMILES string of the molecule is Cc1ccc(S(=O)(=O)OC(c2ccc(C#N)nc2)C(F)(F)F)cc1. The van der Waals surface area contributed by atoms with Crippen LogP contribution in [0.4, 0.5) is 13.2 Å². The number of aryl methyl sites for hydroxylation is 1. The normalized spacial score (nSPS) is 13.3. The smallest absolute Gasteiger partial charge is 0.248 e. The van der Waals surface area contributed by atoms with Gasteiger partial charge in [-0.3, -0.25) is 0 Å². The van der Waals surface area contributed by atoms with Crippen LogP contribution in [-0.4, -0.2) is 19.6 Å². The number of nitrogens with zero attached hydrogens (tertiary/aromatic N) is 2. The molecule has 0 fully saturated rings. The second-order valence-electron chi connectivity index (χ2n) is 4.87. The van der Waals surface area contributed by atoms with Crippen molar-refractivity contribution in [3.8, 4) is 6.07 Å². The van der Waals surface area contributed by atoms with Gasteiger partial charge in [0.25, 0.3) is 10.1 Å². The van der Waals surface area contributed by atoms with Crippen LogP contribution in [-0.2, 0) is 14.3 Å². The number of rotatable bonds is 4. The van der Waals surface area contributed by atoms with Crippen molar-refractivity contribution < 1.29 is 25.8 Å². The zero-order valence-corrected chi connectivity index (χ0v) is 13.1. The first-order chi connectivity index (χ1) is 11.1. The number of hydrogen-bond donors (Lipinski definition) is 0. The fourth-order valence-corrected chi connectivity index (χ4v) is 2.87. The van der Waals surface area contributed by atoms with Crippen molar-refractivity contribution in [3.63, 3.8) is 0 Å². The van der Waals surface area contributed by atoms with Crippen LogP contribution in [0.15, 0.2) is 47.5 Å². The molecule has 126 valence electrons. The van der Waals surface area contributed by atoms with Gasteiger partial charge in [-0.05, 0) is 25.1 Å². The van der Waals surface area contributed by atoms with Crippen LogP contribution in [0.3, 0.4) is 0 Å². The Morgan fingerprint density at radius 3 is 2.25 bits per heavy atom. The molecule has 0 bridgehead atoms. The van der Waals surface area contributed by atoms with E-state index in [0.717, 1.165) is 36.0 Å². The van der Waals surface area contributed by atoms with Gasteiger partial charge in [0.2, 0.25) is 0 Å². The maximum atomic E-state index is 13.2. The van der Waals surface area contributed by atoms with Crippen molar-refractivity contribution >= 4 is 10.1 Å². The van der Waals surface area contributed by atoms with E-state index >= 15 is 0 Å². The summed E-state index contributed by atoms with van der Waals surface area (Å²) in [6.45, 7) is 1.71. The zero-order valence-electron chi connectivity index (χ0n) is 12.3. The van der Waals surface area contributed by atoms with E-state index in [2.05, 4.69) is 9.17 Å². The topological polar surface area (TPSA) is 80.0 Å². The Hall–Kier alpha value is -2.44. The van der Waals surface area contributed by atoms with Gasteiger partial charge in [0.1, 0.15) is 11.8 Å².